The standard InChI is InChI=1S/C16H22N2O5S/c1-15(2,3)21-13(19)18(23-14(20)22-16(4,5)6)9-12-7-11(8-17)10-24-12/h7,10H,9H2,1-6H3. The Morgan fingerprint density at radius 2 is 1.75 bits per heavy atom. The van der Waals surface area contributed by atoms with Gasteiger partial charge in [-0.2, -0.15) is 5.26 Å². The number of hydrogen-bond acceptors (Lipinski definition) is 7. The molecule has 7 nitrogen and oxygen atoms in total. The van der Waals surface area contributed by atoms with Crippen molar-refractivity contribution in [1.29, 1.82) is 5.26 Å². The molecule has 1 heterocycles. The SMILES string of the molecule is CC(C)(C)OC(=O)ON(Cc1cc(C#N)cs1)C(=O)OC(C)(C)C. The lowest BCUT2D eigenvalue weighted by molar-refractivity contribution is -0.140. The molecule has 1 aromatic rings. The van der Waals surface area contributed by atoms with E-state index in [0.29, 0.717) is 10.4 Å². The van der Waals surface area contributed by atoms with Gasteiger partial charge in [0.05, 0.1) is 12.1 Å². The van der Waals surface area contributed by atoms with E-state index in [1.54, 1.807) is 53.0 Å². The van der Waals surface area contributed by atoms with Crippen LogP contribution in [0.5, 0.6) is 0 Å². The minimum absolute atomic E-state index is 0.0412. The Bertz CT molecular complexity index is 634. The number of amides is 1. The second-order valence-electron chi connectivity index (χ2n) is 6.99. The summed E-state index contributed by atoms with van der Waals surface area (Å²) in [5.41, 5.74) is -1.04. The highest BCUT2D eigenvalue weighted by atomic mass is 32.1. The summed E-state index contributed by atoms with van der Waals surface area (Å²) in [6.07, 6.45) is -1.83. The first-order valence-electron chi connectivity index (χ1n) is 7.28. The molecule has 0 saturated carbocycles. The highest BCUT2D eigenvalue weighted by molar-refractivity contribution is 7.10. The van der Waals surface area contributed by atoms with Gasteiger partial charge in [0.15, 0.2) is 0 Å². The van der Waals surface area contributed by atoms with Gasteiger partial charge in [-0.3, -0.25) is 4.84 Å². The number of carbonyl (C=O) groups excluding carboxylic acids is 2. The van der Waals surface area contributed by atoms with Crippen molar-refractivity contribution >= 4 is 23.6 Å². The van der Waals surface area contributed by atoms with Gasteiger partial charge in [-0.25, -0.2) is 9.59 Å². The van der Waals surface area contributed by atoms with E-state index < -0.39 is 23.5 Å². The Labute approximate surface area is 145 Å². The summed E-state index contributed by atoms with van der Waals surface area (Å²) < 4.78 is 10.3. The summed E-state index contributed by atoms with van der Waals surface area (Å²) in [5, 5.41) is 11.3. The fourth-order valence-corrected chi connectivity index (χ4v) is 2.26. The van der Waals surface area contributed by atoms with Crippen molar-refractivity contribution < 1.29 is 23.9 Å². The van der Waals surface area contributed by atoms with Crippen molar-refractivity contribution in [3.63, 3.8) is 0 Å². The van der Waals surface area contributed by atoms with Crippen molar-refractivity contribution in [2.45, 2.75) is 59.3 Å². The van der Waals surface area contributed by atoms with Gasteiger partial charge in [0.1, 0.15) is 17.3 Å². The van der Waals surface area contributed by atoms with Crippen molar-refractivity contribution in [1.82, 2.24) is 5.06 Å². The first-order chi connectivity index (χ1) is 10.9. The van der Waals surface area contributed by atoms with Crippen LogP contribution >= 0.6 is 11.3 Å². The molecule has 1 amide bonds. The fraction of sp³-hybridized carbons (Fsp3) is 0.562. The quantitative estimate of drug-likeness (QED) is 0.583. The first kappa shape index (κ1) is 19.8. The predicted molar refractivity (Wildman–Crippen MR) is 88.1 cm³/mol. The monoisotopic (exact) mass is 354 g/mol. The molecular formula is C16H22N2O5S. The molecule has 0 aliphatic heterocycles. The Morgan fingerprint density at radius 3 is 2.21 bits per heavy atom. The Hall–Kier alpha value is -2.27. The lowest BCUT2D eigenvalue weighted by Crippen LogP contribution is -2.39. The third-order valence-corrected chi connectivity index (χ3v) is 3.18. The molecule has 0 saturated heterocycles. The molecule has 1 rings (SSSR count). The van der Waals surface area contributed by atoms with Crippen LogP contribution in [0.25, 0.3) is 0 Å². The van der Waals surface area contributed by atoms with E-state index in [4.69, 9.17) is 19.6 Å². The third kappa shape index (κ3) is 7.33. The zero-order chi connectivity index (χ0) is 18.5. The summed E-state index contributed by atoms with van der Waals surface area (Å²) in [4.78, 5) is 29.8. The van der Waals surface area contributed by atoms with Gasteiger partial charge >= 0.3 is 12.2 Å². The largest absolute Gasteiger partial charge is 0.534 e. The first-order valence-corrected chi connectivity index (χ1v) is 8.16. The minimum Gasteiger partial charge on any atom is -0.442 e. The molecular weight excluding hydrogens is 332 g/mol. The van der Waals surface area contributed by atoms with Crippen molar-refractivity contribution in [3.05, 3.63) is 21.9 Å². The average molecular weight is 354 g/mol. The van der Waals surface area contributed by atoms with Crippen LogP contribution in [0.3, 0.4) is 0 Å². The van der Waals surface area contributed by atoms with Crippen molar-refractivity contribution in [2.24, 2.45) is 0 Å². The summed E-state index contributed by atoms with van der Waals surface area (Å²) in [7, 11) is 0. The van der Waals surface area contributed by atoms with E-state index >= 15 is 0 Å². The van der Waals surface area contributed by atoms with E-state index in [1.807, 2.05) is 6.07 Å². The van der Waals surface area contributed by atoms with Gasteiger partial charge in [0.25, 0.3) is 0 Å². The molecule has 0 unspecified atom stereocenters. The number of rotatable bonds is 2. The van der Waals surface area contributed by atoms with Crippen LogP contribution in [0.1, 0.15) is 52.0 Å². The summed E-state index contributed by atoms with van der Waals surface area (Å²) >= 11 is 1.27. The molecule has 0 spiro atoms. The van der Waals surface area contributed by atoms with Crippen LogP contribution in [-0.4, -0.2) is 28.5 Å². The van der Waals surface area contributed by atoms with Gasteiger partial charge in [0, 0.05) is 10.3 Å². The zero-order valence-corrected chi connectivity index (χ0v) is 15.5. The number of thiophene rings is 1. The van der Waals surface area contributed by atoms with E-state index in [9.17, 15) is 9.59 Å². The molecule has 0 N–H and O–H groups in total. The molecule has 0 aliphatic carbocycles. The molecule has 1 aromatic heterocycles. The van der Waals surface area contributed by atoms with Crippen LogP contribution in [0.4, 0.5) is 9.59 Å². The maximum Gasteiger partial charge on any atom is 0.534 e. The number of ether oxygens (including phenoxy) is 2. The van der Waals surface area contributed by atoms with E-state index in [-0.39, 0.29) is 6.54 Å². The molecule has 0 atom stereocenters. The number of nitriles is 1. The van der Waals surface area contributed by atoms with Gasteiger partial charge in [-0.1, -0.05) is 0 Å². The zero-order valence-electron chi connectivity index (χ0n) is 14.7. The molecule has 0 radical (unpaired) electrons. The maximum absolute atomic E-state index is 12.3. The van der Waals surface area contributed by atoms with Gasteiger partial charge in [-0.15, -0.1) is 16.4 Å². The van der Waals surface area contributed by atoms with Crippen molar-refractivity contribution in [3.8, 4) is 6.07 Å². The van der Waals surface area contributed by atoms with Crippen molar-refractivity contribution in [2.75, 3.05) is 0 Å². The summed E-state index contributed by atoms with van der Waals surface area (Å²) in [5.74, 6) is 0. The van der Waals surface area contributed by atoms with Crippen LogP contribution in [-0.2, 0) is 20.9 Å². The summed E-state index contributed by atoms with van der Waals surface area (Å²) in [6.45, 7) is 10.1. The number of nitrogens with zero attached hydrogens (tertiary/aromatic N) is 2. The lowest BCUT2D eigenvalue weighted by Gasteiger charge is -2.27. The van der Waals surface area contributed by atoms with Gasteiger partial charge < -0.3 is 9.47 Å². The van der Waals surface area contributed by atoms with Crippen LogP contribution in [0, 0.1) is 11.3 Å². The summed E-state index contributed by atoms with van der Waals surface area (Å²) in [6, 6.07) is 3.61. The topological polar surface area (TPSA) is 88.9 Å². The predicted octanol–water partition coefficient (Wildman–Crippen LogP) is 4.22. The van der Waals surface area contributed by atoms with Gasteiger partial charge in [-0.05, 0) is 47.6 Å². The van der Waals surface area contributed by atoms with Gasteiger partial charge in [0.2, 0.25) is 0 Å². The number of hydrogen-bond donors (Lipinski definition) is 0. The molecule has 0 aliphatic rings. The average Bonchev–Trinajstić information content (AvgIpc) is 2.81. The van der Waals surface area contributed by atoms with Crippen LogP contribution in [0.2, 0.25) is 0 Å². The lowest BCUT2D eigenvalue weighted by atomic mass is 10.2. The Morgan fingerprint density at radius 1 is 1.17 bits per heavy atom. The second kappa shape index (κ2) is 7.53. The molecule has 132 valence electrons. The van der Waals surface area contributed by atoms with E-state index in [1.165, 1.54) is 11.3 Å². The van der Waals surface area contributed by atoms with Crippen LogP contribution in [0.15, 0.2) is 11.4 Å². The fourth-order valence-electron chi connectivity index (χ4n) is 1.47. The molecule has 0 aromatic carbocycles. The molecule has 0 fully saturated rings. The number of carbonyl (C=O) groups is 2. The number of hydroxylamine groups is 2. The molecule has 0 bridgehead atoms. The molecule has 8 heteroatoms. The minimum atomic E-state index is -1.01. The smallest absolute Gasteiger partial charge is 0.442 e. The van der Waals surface area contributed by atoms with Crippen LogP contribution < -0.4 is 0 Å². The van der Waals surface area contributed by atoms with E-state index in [2.05, 4.69) is 0 Å². The highest BCUT2D eigenvalue weighted by Gasteiger charge is 2.28. The Balaban J connectivity index is 2.88. The highest BCUT2D eigenvalue weighted by Crippen LogP contribution is 2.19. The Kier molecular flexibility index (Phi) is 6.21. The molecule has 24 heavy (non-hydrogen) atoms. The third-order valence-electron chi connectivity index (χ3n) is 2.25. The second-order valence-corrected chi connectivity index (χ2v) is 7.98. The van der Waals surface area contributed by atoms with E-state index in [0.717, 1.165) is 5.06 Å². The normalized spacial score (nSPS) is 11.4. The maximum atomic E-state index is 12.3.